The Balaban J connectivity index is 2.70. The van der Waals surface area contributed by atoms with Gasteiger partial charge in [-0.2, -0.15) is 0 Å². The molecule has 1 aromatic heterocycles. The van der Waals surface area contributed by atoms with Crippen LogP contribution >= 0.6 is 0 Å². The lowest BCUT2D eigenvalue weighted by atomic mass is 9.78. The lowest BCUT2D eigenvalue weighted by Gasteiger charge is -2.31. The van der Waals surface area contributed by atoms with E-state index in [2.05, 4.69) is 62.6 Å². The first-order valence-electron chi connectivity index (χ1n) is 8.61. The lowest BCUT2D eigenvalue weighted by Crippen LogP contribution is -2.36. The molecule has 0 saturated carbocycles. The van der Waals surface area contributed by atoms with Gasteiger partial charge in [0.05, 0.1) is 0 Å². The van der Waals surface area contributed by atoms with Gasteiger partial charge in [0, 0.05) is 31.4 Å². The van der Waals surface area contributed by atoms with Crippen molar-refractivity contribution in [3.05, 3.63) is 18.2 Å². The van der Waals surface area contributed by atoms with Crippen molar-refractivity contribution in [1.29, 1.82) is 0 Å². The van der Waals surface area contributed by atoms with Gasteiger partial charge in [-0.25, -0.2) is 4.98 Å². The van der Waals surface area contributed by atoms with Crippen LogP contribution in [0.2, 0.25) is 0 Å². The predicted molar refractivity (Wildman–Crippen MR) is 91.5 cm³/mol. The Morgan fingerprint density at radius 3 is 2.52 bits per heavy atom. The third-order valence-electron chi connectivity index (χ3n) is 4.49. The van der Waals surface area contributed by atoms with Gasteiger partial charge in [0.25, 0.3) is 0 Å². The zero-order valence-corrected chi connectivity index (χ0v) is 14.9. The molecule has 0 aliphatic rings. The summed E-state index contributed by atoms with van der Waals surface area (Å²) in [6.07, 6.45) is 8.65. The third kappa shape index (κ3) is 6.21. The van der Waals surface area contributed by atoms with Crippen LogP contribution in [0.1, 0.15) is 66.6 Å². The molecule has 0 fully saturated rings. The van der Waals surface area contributed by atoms with E-state index < -0.39 is 0 Å². The maximum atomic E-state index is 4.58. The second kappa shape index (κ2) is 8.57. The number of aryl methyl sites for hydroxylation is 1. The summed E-state index contributed by atoms with van der Waals surface area (Å²) in [5.74, 6) is 1.92. The van der Waals surface area contributed by atoms with Gasteiger partial charge in [0.1, 0.15) is 5.82 Å². The highest BCUT2D eigenvalue weighted by Crippen LogP contribution is 2.29. The van der Waals surface area contributed by atoms with Gasteiger partial charge in [-0.1, -0.05) is 41.5 Å². The number of imidazole rings is 1. The van der Waals surface area contributed by atoms with Crippen molar-refractivity contribution in [2.45, 2.75) is 79.8 Å². The first-order valence-corrected chi connectivity index (χ1v) is 8.61. The van der Waals surface area contributed by atoms with Crippen LogP contribution in [-0.2, 0) is 13.0 Å². The standard InChI is InChI=1S/C18H35N3/c1-7-9-19-16(13-15(3)18(4,5)6)14-17-20-10-12-21(17)11-8-2/h10,12,15-16,19H,7-9,11,13-14H2,1-6H3. The highest BCUT2D eigenvalue weighted by atomic mass is 15.1. The normalized spacial score (nSPS) is 15.1. The van der Waals surface area contributed by atoms with E-state index in [0.29, 0.717) is 17.4 Å². The molecular weight excluding hydrogens is 258 g/mol. The summed E-state index contributed by atoms with van der Waals surface area (Å²) in [6.45, 7) is 16.0. The summed E-state index contributed by atoms with van der Waals surface area (Å²) >= 11 is 0. The zero-order chi connectivity index (χ0) is 15.9. The molecule has 0 spiro atoms. The second-order valence-electron chi connectivity index (χ2n) is 7.39. The first-order chi connectivity index (χ1) is 9.88. The van der Waals surface area contributed by atoms with Crippen molar-refractivity contribution in [1.82, 2.24) is 14.9 Å². The number of hydrogen-bond donors (Lipinski definition) is 1. The van der Waals surface area contributed by atoms with Crippen LogP contribution in [0.5, 0.6) is 0 Å². The Kier molecular flexibility index (Phi) is 7.44. The number of nitrogens with zero attached hydrogens (tertiary/aromatic N) is 2. The molecular formula is C18H35N3. The smallest absolute Gasteiger partial charge is 0.110 e. The van der Waals surface area contributed by atoms with Crippen LogP contribution in [0.15, 0.2) is 12.4 Å². The quantitative estimate of drug-likeness (QED) is 0.736. The zero-order valence-electron chi connectivity index (χ0n) is 14.9. The highest BCUT2D eigenvalue weighted by Gasteiger charge is 2.24. The Bertz CT molecular complexity index is 389. The van der Waals surface area contributed by atoms with Gasteiger partial charge in [-0.05, 0) is 37.1 Å². The van der Waals surface area contributed by atoms with Gasteiger partial charge < -0.3 is 9.88 Å². The number of rotatable bonds is 9. The van der Waals surface area contributed by atoms with Crippen molar-refractivity contribution < 1.29 is 0 Å². The molecule has 2 atom stereocenters. The summed E-state index contributed by atoms with van der Waals surface area (Å²) in [5.41, 5.74) is 0.366. The van der Waals surface area contributed by atoms with E-state index in [-0.39, 0.29) is 0 Å². The van der Waals surface area contributed by atoms with Crippen LogP contribution in [0.3, 0.4) is 0 Å². The molecule has 2 unspecified atom stereocenters. The van der Waals surface area contributed by atoms with E-state index in [1.807, 2.05) is 6.20 Å². The summed E-state index contributed by atoms with van der Waals surface area (Å²) in [6, 6.07) is 0.525. The summed E-state index contributed by atoms with van der Waals surface area (Å²) in [5, 5.41) is 3.73. The predicted octanol–water partition coefficient (Wildman–Crippen LogP) is 4.28. The molecule has 0 aliphatic heterocycles. The minimum Gasteiger partial charge on any atom is -0.335 e. The van der Waals surface area contributed by atoms with Crippen molar-refractivity contribution in [2.24, 2.45) is 11.3 Å². The second-order valence-corrected chi connectivity index (χ2v) is 7.39. The Hall–Kier alpha value is -0.830. The number of hydrogen-bond acceptors (Lipinski definition) is 2. The SMILES string of the molecule is CCCNC(Cc1nccn1CCC)CC(C)C(C)(C)C. The minimum atomic E-state index is 0.366. The van der Waals surface area contributed by atoms with Gasteiger partial charge in [-0.15, -0.1) is 0 Å². The molecule has 3 nitrogen and oxygen atoms in total. The van der Waals surface area contributed by atoms with E-state index in [4.69, 9.17) is 0 Å². The molecule has 0 amide bonds. The van der Waals surface area contributed by atoms with Crippen molar-refractivity contribution >= 4 is 0 Å². The van der Waals surface area contributed by atoms with Gasteiger partial charge >= 0.3 is 0 Å². The molecule has 122 valence electrons. The van der Waals surface area contributed by atoms with E-state index in [0.717, 1.165) is 25.9 Å². The Morgan fingerprint density at radius 1 is 1.24 bits per heavy atom. The topological polar surface area (TPSA) is 29.9 Å². The van der Waals surface area contributed by atoms with Crippen molar-refractivity contribution in [3.8, 4) is 0 Å². The fourth-order valence-corrected chi connectivity index (χ4v) is 2.56. The monoisotopic (exact) mass is 293 g/mol. The van der Waals surface area contributed by atoms with Crippen molar-refractivity contribution in [2.75, 3.05) is 6.54 Å². The molecule has 1 heterocycles. The molecule has 0 saturated heterocycles. The van der Waals surface area contributed by atoms with Gasteiger partial charge in [-0.3, -0.25) is 0 Å². The lowest BCUT2D eigenvalue weighted by molar-refractivity contribution is 0.220. The Morgan fingerprint density at radius 2 is 1.95 bits per heavy atom. The summed E-state index contributed by atoms with van der Waals surface area (Å²) < 4.78 is 2.31. The maximum Gasteiger partial charge on any atom is 0.110 e. The number of nitrogens with one attached hydrogen (secondary N) is 1. The van der Waals surface area contributed by atoms with E-state index in [1.165, 1.54) is 18.7 Å². The largest absolute Gasteiger partial charge is 0.335 e. The van der Waals surface area contributed by atoms with Crippen LogP contribution in [0.25, 0.3) is 0 Å². The molecule has 0 radical (unpaired) electrons. The maximum absolute atomic E-state index is 4.58. The molecule has 1 N–H and O–H groups in total. The average Bonchev–Trinajstić information content (AvgIpc) is 2.82. The molecule has 1 rings (SSSR count). The fraction of sp³-hybridized carbons (Fsp3) is 0.833. The molecule has 0 bridgehead atoms. The van der Waals surface area contributed by atoms with Crippen LogP contribution < -0.4 is 5.32 Å². The molecule has 3 heteroatoms. The minimum absolute atomic E-state index is 0.366. The third-order valence-corrected chi connectivity index (χ3v) is 4.49. The van der Waals surface area contributed by atoms with Crippen LogP contribution in [0.4, 0.5) is 0 Å². The average molecular weight is 293 g/mol. The molecule has 21 heavy (non-hydrogen) atoms. The fourth-order valence-electron chi connectivity index (χ4n) is 2.56. The van der Waals surface area contributed by atoms with Crippen LogP contribution in [-0.4, -0.2) is 22.1 Å². The molecule has 0 aliphatic carbocycles. The summed E-state index contributed by atoms with van der Waals surface area (Å²) in [4.78, 5) is 4.58. The molecule has 0 aromatic carbocycles. The summed E-state index contributed by atoms with van der Waals surface area (Å²) in [7, 11) is 0. The Labute approximate surface area is 131 Å². The van der Waals surface area contributed by atoms with Gasteiger partial charge in [0.15, 0.2) is 0 Å². The first kappa shape index (κ1) is 18.2. The van der Waals surface area contributed by atoms with E-state index >= 15 is 0 Å². The van der Waals surface area contributed by atoms with E-state index in [9.17, 15) is 0 Å². The van der Waals surface area contributed by atoms with Crippen molar-refractivity contribution in [3.63, 3.8) is 0 Å². The van der Waals surface area contributed by atoms with E-state index in [1.54, 1.807) is 0 Å². The highest BCUT2D eigenvalue weighted by molar-refractivity contribution is 4.96. The molecule has 1 aromatic rings. The van der Waals surface area contributed by atoms with Crippen LogP contribution in [0, 0.1) is 11.3 Å². The number of aromatic nitrogens is 2. The van der Waals surface area contributed by atoms with Gasteiger partial charge in [0.2, 0.25) is 0 Å².